The lowest BCUT2D eigenvalue weighted by Crippen LogP contribution is -2.12. The van der Waals surface area contributed by atoms with E-state index in [4.69, 9.17) is 4.74 Å². The van der Waals surface area contributed by atoms with Gasteiger partial charge in [0.25, 0.3) is 5.91 Å². The first-order valence-electron chi connectivity index (χ1n) is 7.55. The van der Waals surface area contributed by atoms with Gasteiger partial charge in [-0.15, -0.1) is 11.3 Å². The van der Waals surface area contributed by atoms with E-state index >= 15 is 0 Å². The Morgan fingerprint density at radius 3 is 2.71 bits per heavy atom. The summed E-state index contributed by atoms with van der Waals surface area (Å²) >= 11 is 1.51. The van der Waals surface area contributed by atoms with Crippen molar-refractivity contribution in [3.63, 3.8) is 0 Å². The van der Waals surface area contributed by atoms with Crippen LogP contribution in [0.4, 0.5) is 16.5 Å². The zero-order valence-corrected chi connectivity index (χ0v) is 14.0. The van der Waals surface area contributed by atoms with Gasteiger partial charge in [0, 0.05) is 28.5 Å². The summed E-state index contributed by atoms with van der Waals surface area (Å²) in [5.41, 5.74) is 2.12. The number of rotatable bonds is 6. The molecule has 0 fully saturated rings. The molecule has 0 spiro atoms. The van der Waals surface area contributed by atoms with Crippen molar-refractivity contribution in [3.05, 3.63) is 65.7 Å². The highest BCUT2D eigenvalue weighted by Crippen LogP contribution is 2.21. The van der Waals surface area contributed by atoms with Gasteiger partial charge in [0.1, 0.15) is 5.75 Å². The van der Waals surface area contributed by atoms with E-state index in [-0.39, 0.29) is 5.91 Å². The average molecular weight is 339 g/mol. The molecule has 1 amide bonds. The highest BCUT2D eigenvalue weighted by Gasteiger charge is 2.07. The zero-order valence-electron chi connectivity index (χ0n) is 13.2. The van der Waals surface area contributed by atoms with Crippen LogP contribution in [-0.2, 0) is 0 Å². The molecule has 0 bridgehead atoms. The minimum atomic E-state index is -0.165. The molecule has 0 saturated heterocycles. The van der Waals surface area contributed by atoms with Crippen LogP contribution in [-0.4, -0.2) is 17.5 Å². The summed E-state index contributed by atoms with van der Waals surface area (Å²) in [6, 6.07) is 14.6. The minimum absolute atomic E-state index is 0.165. The van der Waals surface area contributed by atoms with Crippen molar-refractivity contribution in [2.45, 2.75) is 6.92 Å². The summed E-state index contributed by atoms with van der Waals surface area (Å²) < 4.78 is 5.39. The molecule has 122 valence electrons. The van der Waals surface area contributed by atoms with Gasteiger partial charge in [0.2, 0.25) is 0 Å². The molecule has 24 heavy (non-hydrogen) atoms. The highest BCUT2D eigenvalue weighted by molar-refractivity contribution is 7.13. The molecule has 3 aromatic rings. The molecule has 0 unspecified atom stereocenters. The van der Waals surface area contributed by atoms with Gasteiger partial charge < -0.3 is 15.4 Å². The molecule has 6 heteroatoms. The van der Waals surface area contributed by atoms with Crippen LogP contribution in [0, 0.1) is 0 Å². The molecule has 0 aliphatic heterocycles. The summed E-state index contributed by atoms with van der Waals surface area (Å²) in [6.07, 6.45) is 1.73. The third kappa shape index (κ3) is 4.11. The van der Waals surface area contributed by atoms with Gasteiger partial charge in [-0.2, -0.15) is 0 Å². The third-order valence-electron chi connectivity index (χ3n) is 3.23. The molecule has 5 nitrogen and oxygen atoms in total. The lowest BCUT2D eigenvalue weighted by Gasteiger charge is -2.08. The number of carbonyl (C=O) groups excluding carboxylic acids is 1. The Hall–Kier alpha value is -2.86. The SMILES string of the molecule is CCOc1ccc(NC(=O)c2cccc(Nc3nccs3)c2)cc1. The van der Waals surface area contributed by atoms with Gasteiger partial charge in [-0.25, -0.2) is 4.98 Å². The Morgan fingerprint density at radius 1 is 1.17 bits per heavy atom. The molecule has 3 rings (SSSR count). The van der Waals surface area contributed by atoms with E-state index in [1.54, 1.807) is 18.3 Å². The van der Waals surface area contributed by atoms with Crippen LogP contribution in [0.25, 0.3) is 0 Å². The second-order valence-electron chi connectivity index (χ2n) is 4.95. The molecule has 0 atom stereocenters. The Morgan fingerprint density at radius 2 is 2.00 bits per heavy atom. The molecule has 0 saturated carbocycles. The van der Waals surface area contributed by atoms with E-state index < -0.39 is 0 Å². The number of hydrogen-bond donors (Lipinski definition) is 2. The summed E-state index contributed by atoms with van der Waals surface area (Å²) in [6.45, 7) is 2.55. The Bertz CT molecular complexity index is 801. The van der Waals surface area contributed by atoms with Gasteiger partial charge >= 0.3 is 0 Å². The van der Waals surface area contributed by atoms with Crippen LogP contribution in [0.3, 0.4) is 0 Å². The predicted octanol–water partition coefficient (Wildman–Crippen LogP) is 4.54. The van der Waals surface area contributed by atoms with Crippen molar-refractivity contribution in [3.8, 4) is 5.75 Å². The zero-order chi connectivity index (χ0) is 16.8. The van der Waals surface area contributed by atoms with Crippen molar-refractivity contribution in [1.82, 2.24) is 4.98 Å². The second kappa shape index (κ2) is 7.61. The minimum Gasteiger partial charge on any atom is -0.494 e. The number of thiazole rings is 1. The van der Waals surface area contributed by atoms with Crippen LogP contribution in [0.15, 0.2) is 60.1 Å². The normalized spacial score (nSPS) is 10.2. The van der Waals surface area contributed by atoms with Crippen molar-refractivity contribution in [2.75, 3.05) is 17.2 Å². The molecule has 0 aliphatic rings. The highest BCUT2D eigenvalue weighted by atomic mass is 32.1. The molecular weight excluding hydrogens is 322 g/mol. The number of aromatic nitrogens is 1. The van der Waals surface area contributed by atoms with Gasteiger partial charge in [0.05, 0.1) is 6.61 Å². The Labute approximate surface area is 144 Å². The number of amides is 1. The molecule has 0 radical (unpaired) electrons. The van der Waals surface area contributed by atoms with Gasteiger partial charge in [-0.1, -0.05) is 6.07 Å². The van der Waals surface area contributed by atoms with E-state index in [0.717, 1.165) is 22.3 Å². The van der Waals surface area contributed by atoms with E-state index in [1.165, 1.54) is 11.3 Å². The number of hydrogen-bond acceptors (Lipinski definition) is 5. The number of benzene rings is 2. The number of ether oxygens (including phenoxy) is 1. The van der Waals surface area contributed by atoms with Crippen molar-refractivity contribution in [1.29, 1.82) is 0 Å². The predicted molar refractivity (Wildman–Crippen MR) is 97.4 cm³/mol. The van der Waals surface area contributed by atoms with E-state index in [2.05, 4.69) is 15.6 Å². The van der Waals surface area contributed by atoms with E-state index in [0.29, 0.717) is 12.2 Å². The standard InChI is InChI=1S/C18H17N3O2S/c1-2-23-16-8-6-14(7-9-16)20-17(22)13-4-3-5-15(12-13)21-18-19-10-11-24-18/h3-12H,2H2,1H3,(H,19,21)(H,20,22). The molecule has 1 aromatic heterocycles. The maximum absolute atomic E-state index is 12.4. The fourth-order valence-corrected chi connectivity index (χ4v) is 2.70. The van der Waals surface area contributed by atoms with E-state index in [9.17, 15) is 4.79 Å². The fraction of sp³-hybridized carbons (Fsp3) is 0.111. The summed E-state index contributed by atoms with van der Waals surface area (Å²) in [7, 11) is 0. The van der Waals surface area contributed by atoms with Gasteiger partial charge in [-0.05, 0) is 49.4 Å². The molecule has 0 aliphatic carbocycles. The quantitative estimate of drug-likeness (QED) is 0.692. The van der Waals surface area contributed by atoms with Crippen molar-refractivity contribution < 1.29 is 9.53 Å². The maximum Gasteiger partial charge on any atom is 0.255 e. The lowest BCUT2D eigenvalue weighted by molar-refractivity contribution is 0.102. The third-order valence-corrected chi connectivity index (χ3v) is 3.92. The van der Waals surface area contributed by atoms with E-state index in [1.807, 2.05) is 48.7 Å². The second-order valence-corrected chi connectivity index (χ2v) is 5.85. The van der Waals surface area contributed by atoms with Crippen molar-refractivity contribution >= 4 is 33.8 Å². The van der Waals surface area contributed by atoms with Gasteiger partial charge in [-0.3, -0.25) is 4.79 Å². The fourth-order valence-electron chi connectivity index (χ4n) is 2.15. The largest absolute Gasteiger partial charge is 0.494 e. The molecule has 2 aromatic carbocycles. The van der Waals surface area contributed by atoms with Crippen molar-refractivity contribution in [2.24, 2.45) is 0 Å². The smallest absolute Gasteiger partial charge is 0.255 e. The van der Waals surface area contributed by atoms with Gasteiger partial charge in [0.15, 0.2) is 5.13 Å². The number of nitrogens with one attached hydrogen (secondary N) is 2. The number of carbonyl (C=O) groups is 1. The first-order chi connectivity index (χ1) is 11.7. The lowest BCUT2D eigenvalue weighted by atomic mass is 10.2. The van der Waals surface area contributed by atoms with Crippen LogP contribution < -0.4 is 15.4 Å². The van der Waals surface area contributed by atoms with Crippen LogP contribution >= 0.6 is 11.3 Å². The van der Waals surface area contributed by atoms with Crippen LogP contribution in [0.1, 0.15) is 17.3 Å². The average Bonchev–Trinajstić information content (AvgIpc) is 3.10. The Balaban J connectivity index is 1.68. The summed E-state index contributed by atoms with van der Waals surface area (Å²) in [4.78, 5) is 16.6. The topological polar surface area (TPSA) is 63.2 Å². The number of anilines is 3. The number of nitrogens with zero attached hydrogens (tertiary/aromatic N) is 1. The Kier molecular flexibility index (Phi) is 5.08. The molecular formula is C18H17N3O2S. The molecule has 2 N–H and O–H groups in total. The summed E-state index contributed by atoms with van der Waals surface area (Å²) in [5.74, 6) is 0.618. The maximum atomic E-state index is 12.4. The van der Waals surface area contributed by atoms with Crippen LogP contribution in [0.2, 0.25) is 0 Å². The first-order valence-corrected chi connectivity index (χ1v) is 8.43. The monoisotopic (exact) mass is 339 g/mol. The van der Waals surface area contributed by atoms with Crippen LogP contribution in [0.5, 0.6) is 5.75 Å². The summed E-state index contributed by atoms with van der Waals surface area (Å²) in [5, 5.41) is 8.74. The molecule has 1 heterocycles. The first kappa shape index (κ1) is 16.0.